The quantitative estimate of drug-likeness (QED) is 0.813. The highest BCUT2D eigenvalue weighted by atomic mass is 16.5. The van der Waals surface area contributed by atoms with Crippen LogP contribution in [0.25, 0.3) is 11.3 Å². The van der Waals surface area contributed by atoms with E-state index in [9.17, 15) is 5.11 Å². The van der Waals surface area contributed by atoms with E-state index in [1.807, 2.05) is 24.3 Å². The van der Waals surface area contributed by atoms with Crippen LogP contribution in [0.5, 0.6) is 5.75 Å². The van der Waals surface area contributed by atoms with Gasteiger partial charge in [0.25, 0.3) is 0 Å². The summed E-state index contributed by atoms with van der Waals surface area (Å²) >= 11 is 0. The monoisotopic (exact) mass is 245 g/mol. The van der Waals surface area contributed by atoms with Crippen molar-refractivity contribution >= 4 is 0 Å². The predicted octanol–water partition coefficient (Wildman–Crippen LogP) is 1.63. The number of aliphatic hydroxyl groups is 1. The smallest absolute Gasteiger partial charge is 0.118 e. The molecule has 0 saturated heterocycles. The minimum Gasteiger partial charge on any atom is -0.497 e. The summed E-state index contributed by atoms with van der Waals surface area (Å²) in [5, 5.41) is 17.3. The Morgan fingerprint density at radius 2 is 2.11 bits per heavy atom. The summed E-state index contributed by atoms with van der Waals surface area (Å²) in [4.78, 5) is 0. The van der Waals surface area contributed by atoms with Crippen LogP contribution in [0.1, 0.15) is 5.69 Å². The summed E-state index contributed by atoms with van der Waals surface area (Å²) in [6.07, 6.45) is 1.74. The van der Waals surface area contributed by atoms with Gasteiger partial charge in [-0.25, -0.2) is 4.68 Å². The van der Waals surface area contributed by atoms with E-state index in [1.165, 1.54) is 0 Å². The van der Waals surface area contributed by atoms with Crippen LogP contribution >= 0.6 is 0 Å². The van der Waals surface area contributed by atoms with Gasteiger partial charge in [0.1, 0.15) is 11.4 Å². The fraction of sp³-hybridized carbons (Fsp3) is 0.231. The molecule has 5 nitrogen and oxygen atoms in total. The van der Waals surface area contributed by atoms with Crippen molar-refractivity contribution in [2.24, 2.45) is 0 Å². The largest absolute Gasteiger partial charge is 0.497 e. The average molecular weight is 245 g/mol. The Balaban J connectivity index is 2.46. The van der Waals surface area contributed by atoms with Gasteiger partial charge in [-0.1, -0.05) is 11.3 Å². The van der Waals surface area contributed by atoms with Crippen molar-refractivity contribution in [1.29, 1.82) is 0 Å². The molecule has 0 aliphatic carbocycles. The van der Waals surface area contributed by atoms with Crippen molar-refractivity contribution < 1.29 is 9.84 Å². The zero-order valence-electron chi connectivity index (χ0n) is 10.2. The van der Waals surface area contributed by atoms with E-state index in [0.717, 1.165) is 17.0 Å². The molecule has 1 N–H and O–H groups in total. The molecule has 0 unspecified atom stereocenters. The van der Waals surface area contributed by atoms with E-state index in [0.29, 0.717) is 12.2 Å². The van der Waals surface area contributed by atoms with Gasteiger partial charge >= 0.3 is 0 Å². The first kappa shape index (κ1) is 12.3. The Bertz CT molecular complexity index is 532. The molecular formula is C13H15N3O2. The third-order valence-corrected chi connectivity index (χ3v) is 2.62. The second kappa shape index (κ2) is 5.46. The number of benzene rings is 1. The Kier molecular flexibility index (Phi) is 3.74. The molecule has 1 heterocycles. The predicted molar refractivity (Wildman–Crippen MR) is 68.1 cm³/mol. The molecule has 18 heavy (non-hydrogen) atoms. The Labute approximate surface area is 105 Å². The molecule has 0 saturated carbocycles. The molecule has 2 rings (SSSR count). The number of hydrogen-bond donors (Lipinski definition) is 1. The Hall–Kier alpha value is -2.14. The summed E-state index contributed by atoms with van der Waals surface area (Å²) in [6, 6.07) is 7.55. The summed E-state index contributed by atoms with van der Waals surface area (Å²) in [7, 11) is 1.62. The zero-order valence-corrected chi connectivity index (χ0v) is 10.2. The summed E-state index contributed by atoms with van der Waals surface area (Å²) in [5.74, 6) is 0.784. The van der Waals surface area contributed by atoms with Crippen LogP contribution in [-0.2, 0) is 13.2 Å². The second-order valence-corrected chi connectivity index (χ2v) is 3.74. The van der Waals surface area contributed by atoms with Crippen LogP contribution in [0.3, 0.4) is 0 Å². The molecule has 0 aliphatic rings. The van der Waals surface area contributed by atoms with Gasteiger partial charge in [-0.05, 0) is 24.3 Å². The van der Waals surface area contributed by atoms with Gasteiger partial charge in [0.05, 0.1) is 26.0 Å². The number of aromatic nitrogens is 3. The van der Waals surface area contributed by atoms with Gasteiger partial charge in [-0.3, -0.25) is 0 Å². The molecule has 1 aromatic heterocycles. The van der Waals surface area contributed by atoms with Crippen LogP contribution in [0.2, 0.25) is 0 Å². The number of methoxy groups -OCH3 is 1. The van der Waals surface area contributed by atoms with Crippen LogP contribution in [0.15, 0.2) is 36.9 Å². The maximum Gasteiger partial charge on any atom is 0.118 e. The molecule has 2 aromatic rings. The lowest BCUT2D eigenvalue weighted by Gasteiger charge is -2.06. The minimum atomic E-state index is -0.140. The van der Waals surface area contributed by atoms with Crippen LogP contribution in [0.4, 0.5) is 0 Å². The number of aliphatic hydroxyl groups excluding tert-OH is 1. The molecule has 0 spiro atoms. The first-order chi connectivity index (χ1) is 8.80. The molecule has 1 aromatic carbocycles. The van der Waals surface area contributed by atoms with Crippen LogP contribution in [-0.4, -0.2) is 27.2 Å². The SMILES string of the molecule is C=CCn1nnc(CO)c1-c1ccc(OC)cc1. The van der Waals surface area contributed by atoms with Crippen LogP contribution in [0, 0.1) is 0 Å². The van der Waals surface area contributed by atoms with E-state index in [-0.39, 0.29) is 6.61 Å². The van der Waals surface area contributed by atoms with Gasteiger partial charge < -0.3 is 9.84 Å². The first-order valence-electron chi connectivity index (χ1n) is 5.58. The fourth-order valence-electron chi connectivity index (χ4n) is 1.77. The summed E-state index contributed by atoms with van der Waals surface area (Å²) in [5.41, 5.74) is 2.30. The number of rotatable bonds is 5. The topological polar surface area (TPSA) is 60.2 Å². The number of hydrogen-bond acceptors (Lipinski definition) is 4. The van der Waals surface area contributed by atoms with E-state index < -0.39 is 0 Å². The van der Waals surface area contributed by atoms with E-state index in [4.69, 9.17) is 4.74 Å². The lowest BCUT2D eigenvalue weighted by molar-refractivity contribution is 0.277. The molecule has 5 heteroatoms. The molecule has 0 fully saturated rings. The highest BCUT2D eigenvalue weighted by Crippen LogP contribution is 2.24. The lowest BCUT2D eigenvalue weighted by Crippen LogP contribution is -2.01. The Morgan fingerprint density at radius 3 is 2.67 bits per heavy atom. The highest BCUT2D eigenvalue weighted by molar-refractivity contribution is 5.62. The number of nitrogens with zero attached hydrogens (tertiary/aromatic N) is 3. The first-order valence-corrected chi connectivity index (χ1v) is 5.58. The van der Waals surface area contributed by atoms with Gasteiger partial charge in [0.15, 0.2) is 0 Å². The third-order valence-electron chi connectivity index (χ3n) is 2.62. The number of ether oxygens (including phenoxy) is 1. The Morgan fingerprint density at radius 1 is 1.39 bits per heavy atom. The van der Waals surface area contributed by atoms with Gasteiger partial charge in [0.2, 0.25) is 0 Å². The summed E-state index contributed by atoms with van der Waals surface area (Å²) in [6.45, 7) is 4.09. The van der Waals surface area contributed by atoms with Crippen molar-refractivity contribution in [2.45, 2.75) is 13.2 Å². The maximum absolute atomic E-state index is 9.30. The molecule has 0 amide bonds. The van der Waals surface area contributed by atoms with Crippen molar-refractivity contribution in [2.75, 3.05) is 7.11 Å². The van der Waals surface area contributed by atoms with Crippen molar-refractivity contribution in [1.82, 2.24) is 15.0 Å². The van der Waals surface area contributed by atoms with Gasteiger partial charge in [0, 0.05) is 5.56 Å². The van der Waals surface area contributed by atoms with Gasteiger partial charge in [-0.2, -0.15) is 0 Å². The van der Waals surface area contributed by atoms with E-state index in [2.05, 4.69) is 16.9 Å². The summed E-state index contributed by atoms with van der Waals surface area (Å²) < 4.78 is 6.83. The molecule has 0 aliphatic heterocycles. The molecule has 0 bridgehead atoms. The zero-order chi connectivity index (χ0) is 13.0. The lowest BCUT2D eigenvalue weighted by atomic mass is 10.1. The van der Waals surface area contributed by atoms with Gasteiger partial charge in [-0.15, -0.1) is 11.7 Å². The van der Waals surface area contributed by atoms with E-state index >= 15 is 0 Å². The van der Waals surface area contributed by atoms with Crippen molar-refractivity contribution in [3.05, 3.63) is 42.6 Å². The standard InChI is InChI=1S/C13H15N3O2/c1-3-8-16-13(12(9-17)14-15-16)10-4-6-11(18-2)7-5-10/h3-7,17H,1,8-9H2,2H3. The minimum absolute atomic E-state index is 0.140. The van der Waals surface area contributed by atoms with Crippen molar-refractivity contribution in [3.63, 3.8) is 0 Å². The second-order valence-electron chi connectivity index (χ2n) is 3.74. The normalized spacial score (nSPS) is 10.3. The van der Waals surface area contributed by atoms with Crippen LogP contribution < -0.4 is 4.74 Å². The molecule has 0 atom stereocenters. The maximum atomic E-state index is 9.30. The third kappa shape index (κ3) is 2.26. The highest BCUT2D eigenvalue weighted by Gasteiger charge is 2.13. The fourth-order valence-corrected chi connectivity index (χ4v) is 1.77. The average Bonchev–Trinajstić information content (AvgIpc) is 2.82. The molecule has 0 radical (unpaired) electrons. The van der Waals surface area contributed by atoms with Crippen molar-refractivity contribution in [3.8, 4) is 17.0 Å². The molecule has 94 valence electrons. The van der Waals surface area contributed by atoms with E-state index in [1.54, 1.807) is 17.9 Å². The number of allylic oxidation sites excluding steroid dienone is 1. The molecular weight excluding hydrogens is 230 g/mol.